The molecule has 8 heteroatoms. The summed E-state index contributed by atoms with van der Waals surface area (Å²) in [5, 5.41) is 2.87. The molecule has 1 saturated heterocycles. The highest BCUT2D eigenvalue weighted by atomic mass is 32.2. The predicted octanol–water partition coefficient (Wildman–Crippen LogP) is 0.753. The van der Waals surface area contributed by atoms with Crippen LogP contribution in [-0.4, -0.2) is 57.1 Å². The largest absolute Gasteiger partial charge is 0.481 e. The van der Waals surface area contributed by atoms with Gasteiger partial charge in [0.25, 0.3) is 5.91 Å². The minimum atomic E-state index is -3.51. The van der Waals surface area contributed by atoms with Gasteiger partial charge in [-0.1, -0.05) is 0 Å². The number of nitrogens with zero attached hydrogens (tertiary/aromatic N) is 1. The summed E-state index contributed by atoms with van der Waals surface area (Å²) < 4.78 is 37.2. The van der Waals surface area contributed by atoms with Crippen molar-refractivity contribution in [2.75, 3.05) is 26.3 Å². The number of ether oxygens (including phenoxy) is 2. The number of carbonyl (C=O) groups is 1. The van der Waals surface area contributed by atoms with E-state index in [1.165, 1.54) is 16.4 Å². The van der Waals surface area contributed by atoms with E-state index in [9.17, 15) is 13.2 Å². The van der Waals surface area contributed by atoms with Crippen molar-refractivity contribution in [3.8, 4) is 5.75 Å². The molecule has 0 aromatic heterocycles. The van der Waals surface area contributed by atoms with Crippen LogP contribution >= 0.6 is 0 Å². The Hall–Kier alpha value is -1.64. The number of hydrogen-bond donors (Lipinski definition) is 1. The molecule has 1 aromatic carbocycles. The number of hydrogen-bond acceptors (Lipinski definition) is 5. The molecular weight excluding hydrogens is 332 g/mol. The van der Waals surface area contributed by atoms with Crippen LogP contribution in [0.5, 0.6) is 5.75 Å². The molecule has 2 aliphatic rings. The normalized spacial score (nSPS) is 20.4. The Morgan fingerprint density at radius 3 is 2.46 bits per heavy atom. The smallest absolute Gasteiger partial charge is 0.260 e. The Balaban J connectivity index is 1.62. The molecule has 1 saturated carbocycles. The fourth-order valence-electron chi connectivity index (χ4n) is 2.43. The third-order valence-electron chi connectivity index (χ3n) is 4.04. The Morgan fingerprint density at radius 1 is 1.25 bits per heavy atom. The quantitative estimate of drug-likeness (QED) is 0.815. The Labute approximate surface area is 142 Å². The van der Waals surface area contributed by atoms with E-state index in [4.69, 9.17) is 9.47 Å². The molecular formula is C16H22N2O5S. The van der Waals surface area contributed by atoms with Crippen LogP contribution in [-0.2, 0) is 19.6 Å². The summed E-state index contributed by atoms with van der Waals surface area (Å²) in [6.45, 7) is 3.22. The maximum atomic E-state index is 12.5. The molecule has 132 valence electrons. The molecule has 1 heterocycles. The van der Waals surface area contributed by atoms with Gasteiger partial charge in [-0.2, -0.15) is 4.31 Å². The zero-order valence-corrected chi connectivity index (χ0v) is 14.4. The van der Waals surface area contributed by atoms with Gasteiger partial charge in [0.05, 0.1) is 18.1 Å². The van der Waals surface area contributed by atoms with Crippen LogP contribution in [0.3, 0.4) is 0 Å². The fraction of sp³-hybridized carbons (Fsp3) is 0.562. The zero-order valence-electron chi connectivity index (χ0n) is 13.6. The first-order valence-electron chi connectivity index (χ1n) is 8.12. The van der Waals surface area contributed by atoms with Crippen LogP contribution in [0.25, 0.3) is 0 Å². The molecule has 1 aliphatic heterocycles. The molecule has 1 N–H and O–H groups in total. The number of carbonyl (C=O) groups excluding carboxylic acids is 1. The van der Waals surface area contributed by atoms with Gasteiger partial charge in [-0.3, -0.25) is 4.79 Å². The van der Waals surface area contributed by atoms with Gasteiger partial charge in [-0.05, 0) is 44.0 Å². The number of amides is 1. The lowest BCUT2D eigenvalue weighted by Crippen LogP contribution is -2.40. The number of nitrogens with one attached hydrogen (secondary N) is 1. The summed E-state index contributed by atoms with van der Waals surface area (Å²) >= 11 is 0. The van der Waals surface area contributed by atoms with Gasteiger partial charge in [0.15, 0.2) is 6.10 Å². The third kappa shape index (κ3) is 4.06. The number of morpholine rings is 1. The molecule has 0 spiro atoms. The van der Waals surface area contributed by atoms with Gasteiger partial charge in [0.1, 0.15) is 5.75 Å². The summed E-state index contributed by atoms with van der Waals surface area (Å²) in [6, 6.07) is 6.45. The average molecular weight is 354 g/mol. The Bertz CT molecular complexity index is 679. The van der Waals surface area contributed by atoms with E-state index in [0.717, 1.165) is 12.8 Å². The van der Waals surface area contributed by atoms with E-state index < -0.39 is 16.1 Å². The van der Waals surface area contributed by atoms with Gasteiger partial charge in [-0.15, -0.1) is 0 Å². The summed E-state index contributed by atoms with van der Waals surface area (Å²) in [7, 11) is -3.51. The van der Waals surface area contributed by atoms with Crippen LogP contribution < -0.4 is 10.1 Å². The molecule has 1 atom stereocenters. The second-order valence-corrected chi connectivity index (χ2v) is 7.97. The molecule has 7 nitrogen and oxygen atoms in total. The lowest BCUT2D eigenvalue weighted by Gasteiger charge is -2.26. The van der Waals surface area contributed by atoms with Gasteiger partial charge in [0, 0.05) is 19.1 Å². The molecule has 24 heavy (non-hydrogen) atoms. The van der Waals surface area contributed by atoms with Crippen LogP contribution in [0.15, 0.2) is 29.2 Å². The number of rotatable bonds is 6. The first-order chi connectivity index (χ1) is 11.5. The molecule has 1 aromatic rings. The Kier molecular flexibility index (Phi) is 5.07. The van der Waals surface area contributed by atoms with E-state index in [2.05, 4.69) is 5.32 Å². The average Bonchev–Trinajstić information content (AvgIpc) is 3.40. The highest BCUT2D eigenvalue weighted by Crippen LogP contribution is 2.22. The van der Waals surface area contributed by atoms with E-state index in [1.807, 2.05) is 0 Å². The van der Waals surface area contributed by atoms with Gasteiger partial charge < -0.3 is 14.8 Å². The van der Waals surface area contributed by atoms with Crippen LogP contribution in [0.1, 0.15) is 19.8 Å². The van der Waals surface area contributed by atoms with Crippen LogP contribution in [0.4, 0.5) is 0 Å². The topological polar surface area (TPSA) is 84.9 Å². The van der Waals surface area contributed by atoms with Crippen LogP contribution in [0.2, 0.25) is 0 Å². The lowest BCUT2D eigenvalue weighted by atomic mass is 10.3. The van der Waals surface area contributed by atoms with Gasteiger partial charge >= 0.3 is 0 Å². The number of sulfonamides is 1. The summed E-state index contributed by atoms with van der Waals surface area (Å²) in [5.41, 5.74) is 0. The molecule has 1 amide bonds. The first-order valence-corrected chi connectivity index (χ1v) is 9.56. The third-order valence-corrected chi connectivity index (χ3v) is 5.95. The summed E-state index contributed by atoms with van der Waals surface area (Å²) in [5.74, 6) is 0.317. The van der Waals surface area contributed by atoms with E-state index in [1.54, 1.807) is 19.1 Å². The maximum Gasteiger partial charge on any atom is 0.260 e. The SMILES string of the molecule is CC(Oc1ccc(S(=O)(=O)N2CCOCC2)cc1)C(=O)NC1CC1. The summed E-state index contributed by atoms with van der Waals surface area (Å²) in [4.78, 5) is 12.1. The Morgan fingerprint density at radius 2 is 1.88 bits per heavy atom. The highest BCUT2D eigenvalue weighted by molar-refractivity contribution is 7.89. The molecule has 2 fully saturated rings. The van der Waals surface area contributed by atoms with Crippen molar-refractivity contribution < 1.29 is 22.7 Å². The van der Waals surface area contributed by atoms with Crippen molar-refractivity contribution in [1.29, 1.82) is 0 Å². The van der Waals surface area contributed by atoms with Crippen molar-refractivity contribution in [3.05, 3.63) is 24.3 Å². The van der Waals surface area contributed by atoms with Crippen molar-refractivity contribution in [1.82, 2.24) is 9.62 Å². The maximum absolute atomic E-state index is 12.5. The first kappa shape index (κ1) is 17.2. The molecule has 1 unspecified atom stereocenters. The number of benzene rings is 1. The van der Waals surface area contributed by atoms with Crippen molar-refractivity contribution in [3.63, 3.8) is 0 Å². The predicted molar refractivity (Wildman–Crippen MR) is 87.3 cm³/mol. The van der Waals surface area contributed by atoms with E-state index in [0.29, 0.717) is 32.1 Å². The molecule has 0 radical (unpaired) electrons. The monoisotopic (exact) mass is 354 g/mol. The molecule has 0 bridgehead atoms. The van der Waals surface area contributed by atoms with Gasteiger partial charge in [-0.25, -0.2) is 8.42 Å². The molecule has 3 rings (SSSR count). The minimum absolute atomic E-state index is 0.150. The standard InChI is InChI=1S/C16H22N2O5S/c1-12(16(19)17-13-2-3-13)23-14-4-6-15(7-5-14)24(20,21)18-8-10-22-11-9-18/h4-7,12-13H,2-3,8-11H2,1H3,(H,17,19). The second-order valence-electron chi connectivity index (χ2n) is 6.03. The second kappa shape index (κ2) is 7.08. The van der Waals surface area contributed by atoms with Crippen molar-refractivity contribution in [2.45, 2.75) is 36.8 Å². The summed E-state index contributed by atoms with van der Waals surface area (Å²) in [6.07, 6.45) is 1.42. The van der Waals surface area contributed by atoms with Crippen molar-refractivity contribution in [2.24, 2.45) is 0 Å². The van der Waals surface area contributed by atoms with E-state index >= 15 is 0 Å². The molecule has 1 aliphatic carbocycles. The van der Waals surface area contributed by atoms with E-state index in [-0.39, 0.29) is 16.8 Å². The minimum Gasteiger partial charge on any atom is -0.481 e. The van der Waals surface area contributed by atoms with Crippen LogP contribution in [0, 0.1) is 0 Å². The zero-order chi connectivity index (χ0) is 17.2. The fourth-order valence-corrected chi connectivity index (χ4v) is 3.84. The lowest BCUT2D eigenvalue weighted by molar-refractivity contribution is -0.127. The van der Waals surface area contributed by atoms with Crippen molar-refractivity contribution >= 4 is 15.9 Å². The van der Waals surface area contributed by atoms with Gasteiger partial charge in [0.2, 0.25) is 10.0 Å². The highest BCUT2D eigenvalue weighted by Gasteiger charge is 2.27.